The normalized spacial score (nSPS) is 10.5. The number of hydrogen-bond acceptors (Lipinski definition) is 4. The highest BCUT2D eigenvalue weighted by Crippen LogP contribution is 2.34. The summed E-state index contributed by atoms with van der Waals surface area (Å²) in [6, 6.07) is 7.89. The van der Waals surface area contributed by atoms with Gasteiger partial charge in [0, 0.05) is 19.3 Å². The van der Waals surface area contributed by atoms with E-state index in [0.717, 1.165) is 32.5 Å². The summed E-state index contributed by atoms with van der Waals surface area (Å²) >= 11 is 6.98. The van der Waals surface area contributed by atoms with Gasteiger partial charge >= 0.3 is 0 Å². The van der Waals surface area contributed by atoms with Crippen molar-refractivity contribution in [3.05, 3.63) is 50.7 Å². The first-order valence-corrected chi connectivity index (χ1v) is 7.28. The maximum Gasteiger partial charge on any atom is 0.147 e. The highest BCUT2D eigenvalue weighted by molar-refractivity contribution is 9.11. The quantitative estimate of drug-likeness (QED) is 0.856. The molecule has 0 amide bonds. The zero-order valence-corrected chi connectivity index (χ0v) is 13.5. The van der Waals surface area contributed by atoms with Crippen molar-refractivity contribution < 1.29 is 4.74 Å². The van der Waals surface area contributed by atoms with Gasteiger partial charge in [0.15, 0.2) is 0 Å². The summed E-state index contributed by atoms with van der Waals surface area (Å²) in [6.45, 7) is 1.44. The van der Waals surface area contributed by atoms with E-state index >= 15 is 0 Å². The first kappa shape index (κ1) is 14.4. The van der Waals surface area contributed by atoms with E-state index < -0.39 is 0 Å². The van der Waals surface area contributed by atoms with E-state index in [9.17, 15) is 0 Å². The van der Waals surface area contributed by atoms with Crippen LogP contribution in [-0.4, -0.2) is 17.3 Å². The monoisotopic (exact) mass is 385 g/mol. The van der Waals surface area contributed by atoms with E-state index in [0.29, 0.717) is 6.54 Å². The number of halogens is 2. The average Bonchev–Trinajstić information content (AvgIpc) is 2.40. The van der Waals surface area contributed by atoms with Gasteiger partial charge in [-0.3, -0.25) is 0 Å². The van der Waals surface area contributed by atoms with Gasteiger partial charge in [0.2, 0.25) is 0 Å². The Morgan fingerprint density at radius 1 is 1.21 bits per heavy atom. The van der Waals surface area contributed by atoms with Crippen molar-refractivity contribution in [3.8, 4) is 5.75 Å². The predicted molar refractivity (Wildman–Crippen MR) is 81.0 cm³/mol. The molecule has 0 saturated carbocycles. The van der Waals surface area contributed by atoms with E-state index in [1.165, 1.54) is 0 Å². The molecule has 4 nitrogen and oxygen atoms in total. The van der Waals surface area contributed by atoms with E-state index in [2.05, 4.69) is 47.4 Å². The zero-order valence-electron chi connectivity index (χ0n) is 10.4. The van der Waals surface area contributed by atoms with Crippen LogP contribution in [-0.2, 0) is 13.1 Å². The van der Waals surface area contributed by atoms with E-state index in [1.54, 1.807) is 13.3 Å². The summed E-state index contributed by atoms with van der Waals surface area (Å²) in [5.74, 6) is 0.803. The molecule has 0 fully saturated rings. The molecule has 0 atom stereocenters. The van der Waals surface area contributed by atoms with Crippen LogP contribution in [0.25, 0.3) is 0 Å². The number of nitrogens with zero attached hydrogens (tertiary/aromatic N) is 2. The Labute approximate surface area is 128 Å². The van der Waals surface area contributed by atoms with Crippen LogP contribution in [0.4, 0.5) is 0 Å². The number of ether oxygens (including phenoxy) is 1. The van der Waals surface area contributed by atoms with Gasteiger partial charge in [0.25, 0.3) is 0 Å². The number of hydrogen-bond donors (Lipinski definition) is 1. The van der Waals surface area contributed by atoms with Gasteiger partial charge in [-0.05, 0) is 61.7 Å². The predicted octanol–water partition coefficient (Wildman–Crippen LogP) is 3.30. The minimum Gasteiger partial charge on any atom is -0.494 e. The minimum atomic E-state index is 0.690. The number of nitrogens with one attached hydrogen (secondary N) is 1. The molecule has 1 aromatic carbocycles. The third-order valence-corrected chi connectivity index (χ3v) is 3.70. The summed E-state index contributed by atoms with van der Waals surface area (Å²) in [5, 5.41) is 11.2. The van der Waals surface area contributed by atoms with Crippen molar-refractivity contribution in [1.29, 1.82) is 0 Å². The molecule has 0 radical (unpaired) electrons. The molecule has 19 heavy (non-hydrogen) atoms. The molecule has 0 bridgehead atoms. The maximum absolute atomic E-state index is 5.27. The Kier molecular flexibility index (Phi) is 5.30. The smallest absolute Gasteiger partial charge is 0.147 e. The fraction of sp³-hybridized carbons (Fsp3) is 0.231. The molecule has 0 saturated heterocycles. The Morgan fingerprint density at radius 3 is 2.53 bits per heavy atom. The second-order valence-electron chi connectivity index (χ2n) is 3.91. The van der Waals surface area contributed by atoms with Crippen LogP contribution >= 0.6 is 31.9 Å². The molecule has 0 aliphatic rings. The first-order chi connectivity index (χ1) is 9.20. The SMILES string of the molecule is COc1c(Br)cc(CNCc2cccnn2)cc1Br. The molecule has 0 unspecified atom stereocenters. The lowest BCUT2D eigenvalue weighted by molar-refractivity contribution is 0.409. The summed E-state index contributed by atoms with van der Waals surface area (Å²) in [6.07, 6.45) is 1.67. The van der Waals surface area contributed by atoms with Crippen LogP contribution in [0.1, 0.15) is 11.3 Å². The molecule has 100 valence electrons. The molecule has 6 heteroatoms. The van der Waals surface area contributed by atoms with Crippen molar-refractivity contribution in [2.24, 2.45) is 0 Å². The highest BCUT2D eigenvalue weighted by atomic mass is 79.9. The van der Waals surface area contributed by atoms with E-state index in [4.69, 9.17) is 4.74 Å². The molecule has 1 aromatic heterocycles. The molecular formula is C13H13Br2N3O. The van der Waals surface area contributed by atoms with Gasteiger partial charge in [-0.25, -0.2) is 0 Å². The van der Waals surface area contributed by atoms with Crippen LogP contribution in [0.3, 0.4) is 0 Å². The summed E-state index contributed by atoms with van der Waals surface area (Å²) in [7, 11) is 1.65. The number of aromatic nitrogens is 2. The van der Waals surface area contributed by atoms with Crippen LogP contribution in [0.15, 0.2) is 39.4 Å². The van der Waals surface area contributed by atoms with Gasteiger partial charge in [0.1, 0.15) is 5.75 Å². The third kappa shape index (κ3) is 3.99. The van der Waals surface area contributed by atoms with Gasteiger partial charge in [-0.1, -0.05) is 0 Å². The van der Waals surface area contributed by atoms with Crippen molar-refractivity contribution in [2.75, 3.05) is 7.11 Å². The summed E-state index contributed by atoms with van der Waals surface area (Å²) in [5.41, 5.74) is 2.08. The number of methoxy groups -OCH3 is 1. The number of benzene rings is 1. The standard InChI is InChI=1S/C13H13Br2N3O/c1-19-13-11(14)5-9(6-12(13)15)7-16-8-10-3-2-4-17-18-10/h2-6,16H,7-8H2,1H3. The molecule has 1 heterocycles. The molecule has 0 aliphatic heterocycles. The van der Waals surface area contributed by atoms with E-state index in [-0.39, 0.29) is 0 Å². The van der Waals surface area contributed by atoms with Gasteiger partial charge in [-0.2, -0.15) is 10.2 Å². The second kappa shape index (κ2) is 6.98. The summed E-state index contributed by atoms with van der Waals surface area (Å²) in [4.78, 5) is 0. The molecule has 0 spiro atoms. The Hall–Kier alpha value is -0.980. The zero-order chi connectivity index (χ0) is 13.7. The second-order valence-corrected chi connectivity index (χ2v) is 5.62. The Morgan fingerprint density at radius 2 is 1.95 bits per heavy atom. The van der Waals surface area contributed by atoms with Crippen LogP contribution in [0.2, 0.25) is 0 Å². The molecule has 1 N–H and O–H groups in total. The lowest BCUT2D eigenvalue weighted by Gasteiger charge is -2.10. The average molecular weight is 387 g/mol. The van der Waals surface area contributed by atoms with Gasteiger partial charge < -0.3 is 10.1 Å². The largest absolute Gasteiger partial charge is 0.494 e. The molecule has 2 rings (SSSR count). The third-order valence-electron chi connectivity index (χ3n) is 2.52. The lowest BCUT2D eigenvalue weighted by atomic mass is 10.2. The Balaban J connectivity index is 1.97. The highest BCUT2D eigenvalue weighted by Gasteiger charge is 2.07. The number of rotatable bonds is 5. The first-order valence-electron chi connectivity index (χ1n) is 5.70. The van der Waals surface area contributed by atoms with Crippen molar-refractivity contribution in [3.63, 3.8) is 0 Å². The molecule has 2 aromatic rings. The van der Waals surface area contributed by atoms with Crippen molar-refractivity contribution in [1.82, 2.24) is 15.5 Å². The van der Waals surface area contributed by atoms with Gasteiger partial charge in [0.05, 0.1) is 21.7 Å². The van der Waals surface area contributed by atoms with Gasteiger partial charge in [-0.15, -0.1) is 0 Å². The van der Waals surface area contributed by atoms with Crippen LogP contribution in [0.5, 0.6) is 5.75 Å². The van der Waals surface area contributed by atoms with Crippen molar-refractivity contribution >= 4 is 31.9 Å². The molecule has 0 aliphatic carbocycles. The fourth-order valence-corrected chi connectivity index (χ4v) is 3.28. The topological polar surface area (TPSA) is 47.0 Å². The van der Waals surface area contributed by atoms with E-state index in [1.807, 2.05) is 24.3 Å². The fourth-order valence-electron chi connectivity index (χ4n) is 1.67. The van der Waals surface area contributed by atoms with Crippen LogP contribution in [0, 0.1) is 0 Å². The Bertz CT molecular complexity index is 526. The maximum atomic E-state index is 5.27. The van der Waals surface area contributed by atoms with Crippen molar-refractivity contribution in [2.45, 2.75) is 13.1 Å². The van der Waals surface area contributed by atoms with Crippen LogP contribution < -0.4 is 10.1 Å². The summed E-state index contributed by atoms with van der Waals surface area (Å²) < 4.78 is 7.13. The molecular weight excluding hydrogens is 374 g/mol. The lowest BCUT2D eigenvalue weighted by Crippen LogP contribution is -2.14. The minimum absolute atomic E-state index is 0.690.